The van der Waals surface area contributed by atoms with Crippen LogP contribution in [0.4, 0.5) is 0 Å². The van der Waals surface area contributed by atoms with Crippen LogP contribution in [0.2, 0.25) is 5.02 Å². The minimum Gasteiger partial charge on any atom is -0.481 e. The summed E-state index contributed by atoms with van der Waals surface area (Å²) >= 11 is 6.66. The Bertz CT molecular complexity index is 1520. The molecule has 0 atom stereocenters. The van der Waals surface area contributed by atoms with Gasteiger partial charge in [0.05, 0.1) is 23.2 Å². The van der Waals surface area contributed by atoms with Gasteiger partial charge in [-0.15, -0.1) is 0 Å². The van der Waals surface area contributed by atoms with Gasteiger partial charge in [0.25, 0.3) is 11.5 Å². The molecule has 37 heavy (non-hydrogen) atoms. The lowest BCUT2D eigenvalue weighted by Crippen LogP contribution is -2.36. The van der Waals surface area contributed by atoms with Crippen LogP contribution in [0.5, 0.6) is 5.88 Å². The number of aryl methyl sites for hydroxylation is 2. The highest BCUT2D eigenvalue weighted by Gasteiger charge is 2.21. The van der Waals surface area contributed by atoms with E-state index in [4.69, 9.17) is 22.2 Å². The molecule has 0 aliphatic rings. The zero-order chi connectivity index (χ0) is 26.9. The molecule has 0 bridgehead atoms. The van der Waals surface area contributed by atoms with E-state index >= 15 is 0 Å². The van der Waals surface area contributed by atoms with Gasteiger partial charge in [-0.05, 0) is 62.6 Å². The van der Waals surface area contributed by atoms with E-state index in [1.807, 2.05) is 35.9 Å². The fraction of sp³-hybridized carbons (Fsp3) is 0.321. The van der Waals surface area contributed by atoms with Crippen molar-refractivity contribution in [2.75, 3.05) is 13.0 Å². The van der Waals surface area contributed by atoms with Gasteiger partial charge in [0.2, 0.25) is 5.88 Å². The predicted molar refractivity (Wildman–Crippen MR) is 148 cm³/mol. The van der Waals surface area contributed by atoms with Crippen LogP contribution < -0.4 is 21.5 Å². The average Bonchev–Trinajstić information content (AvgIpc) is 3.23. The lowest BCUT2D eigenvalue weighted by Gasteiger charge is -2.15. The number of hydrogen-bond donors (Lipinski definition) is 2. The van der Waals surface area contributed by atoms with Crippen LogP contribution in [0.1, 0.15) is 60.4 Å². The third kappa shape index (κ3) is 5.06. The Kier molecular flexibility index (Phi) is 7.59. The number of nitrogens with two attached hydrogens (primary N) is 1. The Morgan fingerprint density at radius 3 is 2.59 bits per heavy atom. The maximum atomic E-state index is 13.6. The number of fused-ring (bicyclic) bond motifs is 1. The molecular weight excluding hydrogens is 490 g/mol. The smallest absolute Gasteiger partial charge is 0.274 e. The molecule has 0 fully saturated rings. The van der Waals surface area contributed by atoms with Crippen LogP contribution in [0.15, 0.2) is 47.5 Å². The molecule has 1 amide bonds. The number of methoxy groups -OCH3 is 1. The molecule has 0 saturated carbocycles. The number of nitrogen functional groups attached to an aromatic ring is 1. The number of rotatable bonds is 8. The molecule has 0 saturated heterocycles. The van der Waals surface area contributed by atoms with Crippen molar-refractivity contribution in [3.05, 3.63) is 80.5 Å². The van der Waals surface area contributed by atoms with E-state index in [-0.39, 0.29) is 24.1 Å². The normalized spacial score (nSPS) is 11.3. The summed E-state index contributed by atoms with van der Waals surface area (Å²) < 4.78 is 8.35. The van der Waals surface area contributed by atoms with E-state index in [1.54, 1.807) is 32.4 Å². The Labute approximate surface area is 221 Å². The first kappa shape index (κ1) is 26.3. The lowest BCUT2D eigenvalue weighted by molar-refractivity contribution is 0.0952. The van der Waals surface area contributed by atoms with Crippen molar-refractivity contribution in [3.8, 4) is 17.0 Å². The van der Waals surface area contributed by atoms with Gasteiger partial charge < -0.3 is 20.5 Å². The van der Waals surface area contributed by atoms with Crippen molar-refractivity contribution in [2.24, 2.45) is 0 Å². The molecule has 1 aromatic carbocycles. The number of halogens is 1. The number of benzene rings is 1. The Morgan fingerprint density at radius 1 is 1.22 bits per heavy atom. The summed E-state index contributed by atoms with van der Waals surface area (Å²) in [6.07, 6.45) is 5.13. The monoisotopic (exact) mass is 521 g/mol. The van der Waals surface area contributed by atoms with Gasteiger partial charge in [-0.1, -0.05) is 24.9 Å². The standard InChI is InChI=1S/C28H32ClN5O3/c1-6-7-18-10-17(4)34(30)28(36)22(18)14-32-27(35)21-11-20(19-8-9-25(37-5)31-13-19)12-24-26(21)23(29)15-33(24)16(2)3/h8-13,15-16H,6-7,14,30H2,1-5H3,(H,32,35). The minimum atomic E-state index is -0.331. The summed E-state index contributed by atoms with van der Waals surface area (Å²) in [5.41, 5.74) is 4.65. The summed E-state index contributed by atoms with van der Waals surface area (Å²) in [7, 11) is 1.56. The van der Waals surface area contributed by atoms with Gasteiger partial charge >= 0.3 is 0 Å². The first-order valence-electron chi connectivity index (χ1n) is 12.3. The quantitative estimate of drug-likeness (QED) is 0.317. The van der Waals surface area contributed by atoms with E-state index in [2.05, 4.69) is 24.1 Å². The van der Waals surface area contributed by atoms with E-state index in [0.717, 1.165) is 39.7 Å². The first-order chi connectivity index (χ1) is 17.7. The lowest BCUT2D eigenvalue weighted by atomic mass is 10.00. The Morgan fingerprint density at radius 2 is 1.97 bits per heavy atom. The summed E-state index contributed by atoms with van der Waals surface area (Å²) in [4.78, 5) is 30.9. The number of pyridine rings is 2. The van der Waals surface area contributed by atoms with Crippen LogP contribution in [0, 0.1) is 6.92 Å². The van der Waals surface area contributed by atoms with Crippen LogP contribution >= 0.6 is 11.6 Å². The number of nitrogens with zero attached hydrogens (tertiary/aromatic N) is 3. The van der Waals surface area contributed by atoms with E-state index < -0.39 is 0 Å². The molecule has 0 aliphatic carbocycles. The molecule has 194 valence electrons. The van der Waals surface area contributed by atoms with Gasteiger partial charge in [0, 0.05) is 53.3 Å². The van der Waals surface area contributed by atoms with Crippen LogP contribution in [-0.4, -0.2) is 27.2 Å². The highest BCUT2D eigenvalue weighted by atomic mass is 35.5. The van der Waals surface area contributed by atoms with E-state index in [1.165, 1.54) is 0 Å². The fourth-order valence-electron chi connectivity index (χ4n) is 4.58. The zero-order valence-electron chi connectivity index (χ0n) is 21.8. The number of carbonyl (C=O) groups is 1. The van der Waals surface area contributed by atoms with Crippen LogP contribution in [-0.2, 0) is 13.0 Å². The number of nitrogens with one attached hydrogen (secondary N) is 1. The third-order valence-electron chi connectivity index (χ3n) is 6.54. The molecule has 4 rings (SSSR count). The average molecular weight is 522 g/mol. The maximum absolute atomic E-state index is 13.6. The van der Waals surface area contributed by atoms with Crippen LogP contribution in [0.25, 0.3) is 22.0 Å². The molecular formula is C28H32ClN5O3. The van der Waals surface area contributed by atoms with E-state index in [9.17, 15) is 9.59 Å². The van der Waals surface area contributed by atoms with Crippen molar-refractivity contribution in [1.29, 1.82) is 0 Å². The number of ether oxygens (including phenoxy) is 1. The van der Waals surface area contributed by atoms with Crippen molar-refractivity contribution in [3.63, 3.8) is 0 Å². The maximum Gasteiger partial charge on any atom is 0.274 e. The molecule has 3 aromatic heterocycles. The second-order valence-electron chi connectivity index (χ2n) is 9.38. The predicted octanol–water partition coefficient (Wildman–Crippen LogP) is 5.01. The number of amides is 1. The van der Waals surface area contributed by atoms with Crippen molar-refractivity contribution in [2.45, 2.75) is 53.1 Å². The Balaban J connectivity index is 1.79. The Hall–Kier alpha value is -3.78. The van der Waals surface area contributed by atoms with Crippen molar-refractivity contribution >= 4 is 28.4 Å². The molecule has 0 radical (unpaired) electrons. The van der Waals surface area contributed by atoms with E-state index in [0.29, 0.717) is 33.1 Å². The van der Waals surface area contributed by atoms with Crippen molar-refractivity contribution < 1.29 is 9.53 Å². The SMILES string of the molecule is CCCc1cc(C)n(N)c(=O)c1CNC(=O)c1cc(-c2ccc(OC)nc2)cc2c1c(Cl)cn2C(C)C. The molecule has 3 heterocycles. The molecule has 0 aliphatic heterocycles. The molecule has 0 unspecified atom stereocenters. The van der Waals surface area contributed by atoms with Gasteiger partial charge in [0.1, 0.15) is 0 Å². The number of aromatic nitrogens is 3. The molecule has 3 N–H and O–H groups in total. The second-order valence-corrected chi connectivity index (χ2v) is 9.79. The molecule has 4 aromatic rings. The number of carbonyl (C=O) groups excluding carboxylic acids is 1. The summed E-state index contributed by atoms with van der Waals surface area (Å²) in [5, 5.41) is 4.09. The minimum absolute atomic E-state index is 0.0583. The van der Waals surface area contributed by atoms with Gasteiger partial charge in [-0.2, -0.15) is 0 Å². The van der Waals surface area contributed by atoms with Gasteiger partial charge in [-0.25, -0.2) is 9.66 Å². The highest BCUT2D eigenvalue weighted by Crippen LogP contribution is 2.35. The number of hydrogen-bond acceptors (Lipinski definition) is 5. The summed E-state index contributed by atoms with van der Waals surface area (Å²) in [5.74, 6) is 6.12. The van der Waals surface area contributed by atoms with Crippen LogP contribution in [0.3, 0.4) is 0 Å². The molecule has 9 heteroatoms. The fourth-order valence-corrected chi connectivity index (χ4v) is 4.88. The largest absolute Gasteiger partial charge is 0.481 e. The first-order valence-corrected chi connectivity index (χ1v) is 12.7. The third-order valence-corrected chi connectivity index (χ3v) is 6.83. The zero-order valence-corrected chi connectivity index (χ0v) is 22.5. The van der Waals surface area contributed by atoms with Gasteiger partial charge in [0.15, 0.2) is 0 Å². The summed E-state index contributed by atoms with van der Waals surface area (Å²) in [6, 6.07) is 9.52. The molecule has 8 nitrogen and oxygen atoms in total. The highest BCUT2D eigenvalue weighted by molar-refractivity contribution is 6.37. The topological polar surface area (TPSA) is 104 Å². The molecule has 0 spiro atoms. The van der Waals surface area contributed by atoms with Gasteiger partial charge in [-0.3, -0.25) is 9.59 Å². The summed E-state index contributed by atoms with van der Waals surface area (Å²) in [6.45, 7) is 8.01. The second kappa shape index (κ2) is 10.7. The van der Waals surface area contributed by atoms with Crippen molar-refractivity contribution in [1.82, 2.24) is 19.5 Å².